The van der Waals surface area contributed by atoms with Crippen LogP contribution in [-0.2, 0) is 0 Å². The summed E-state index contributed by atoms with van der Waals surface area (Å²) in [5.74, 6) is -0.565. The van der Waals surface area contributed by atoms with Crippen LogP contribution in [-0.4, -0.2) is 15.5 Å². The van der Waals surface area contributed by atoms with E-state index in [1.807, 2.05) is 6.92 Å². The van der Waals surface area contributed by atoms with Crippen molar-refractivity contribution in [2.75, 3.05) is 0 Å². The van der Waals surface area contributed by atoms with Crippen molar-refractivity contribution in [2.45, 2.75) is 6.92 Å². The molecule has 0 fully saturated rings. The number of nitrogens with zero attached hydrogens (tertiary/aromatic N) is 1. The Hall–Kier alpha value is -0.940. The zero-order chi connectivity index (χ0) is 7.56. The Balaban J connectivity index is 2.85. The molecule has 0 aliphatic heterocycles. The van der Waals surface area contributed by atoms with Crippen LogP contribution in [0.3, 0.4) is 0 Å². The number of aryl methyl sites for hydroxylation is 1. The first-order valence-corrected chi connectivity index (χ1v) is 3.39. The van der Waals surface area contributed by atoms with Gasteiger partial charge < -0.3 is 0 Å². The van der Waals surface area contributed by atoms with Crippen molar-refractivity contribution in [3.8, 4) is 0 Å². The van der Waals surface area contributed by atoms with E-state index in [-0.39, 0.29) is 5.69 Å². The van der Waals surface area contributed by atoms with E-state index < -0.39 is 5.91 Å². The second kappa shape index (κ2) is 2.76. The van der Waals surface area contributed by atoms with Crippen LogP contribution in [0, 0.1) is 6.92 Å². The highest BCUT2D eigenvalue weighted by Crippen LogP contribution is 2.06. The Kier molecular flexibility index (Phi) is 1.98. The molecule has 54 valence electrons. The molecule has 0 saturated heterocycles. The van der Waals surface area contributed by atoms with Gasteiger partial charge in [0.25, 0.3) is 5.91 Å². The number of aromatic nitrogens is 1. The SMILES string of the molecule is Cc1cc(C(=O)NO)ns1. The van der Waals surface area contributed by atoms with Gasteiger partial charge in [0.1, 0.15) is 5.69 Å². The van der Waals surface area contributed by atoms with Gasteiger partial charge in [-0.3, -0.25) is 10.0 Å². The van der Waals surface area contributed by atoms with Crippen LogP contribution in [0.5, 0.6) is 0 Å². The zero-order valence-corrected chi connectivity index (χ0v) is 6.10. The normalized spacial score (nSPS) is 9.40. The molecule has 4 nitrogen and oxygen atoms in total. The minimum atomic E-state index is -0.565. The van der Waals surface area contributed by atoms with Crippen LogP contribution in [0.25, 0.3) is 0 Å². The molecular formula is C5H6N2O2S. The summed E-state index contributed by atoms with van der Waals surface area (Å²) in [6.07, 6.45) is 0. The van der Waals surface area contributed by atoms with Crippen molar-refractivity contribution in [2.24, 2.45) is 0 Å². The maximum absolute atomic E-state index is 10.6. The smallest absolute Gasteiger partial charge is 0.288 e. The fourth-order valence-electron chi connectivity index (χ4n) is 0.531. The van der Waals surface area contributed by atoms with Crippen LogP contribution in [0.15, 0.2) is 6.07 Å². The Bertz CT molecular complexity index is 246. The molecule has 2 N–H and O–H groups in total. The summed E-state index contributed by atoms with van der Waals surface area (Å²) in [4.78, 5) is 11.6. The first-order chi connectivity index (χ1) is 4.74. The molecule has 1 aromatic heterocycles. The topological polar surface area (TPSA) is 62.2 Å². The van der Waals surface area contributed by atoms with Crippen molar-refractivity contribution in [3.63, 3.8) is 0 Å². The monoisotopic (exact) mass is 158 g/mol. The maximum Gasteiger partial charge on any atom is 0.294 e. The number of carbonyl (C=O) groups is 1. The van der Waals surface area contributed by atoms with Crippen LogP contribution >= 0.6 is 11.5 Å². The summed E-state index contributed by atoms with van der Waals surface area (Å²) in [7, 11) is 0. The fourth-order valence-corrected chi connectivity index (χ4v) is 1.07. The summed E-state index contributed by atoms with van der Waals surface area (Å²) in [5.41, 5.74) is 1.75. The van der Waals surface area contributed by atoms with E-state index in [2.05, 4.69) is 4.37 Å². The lowest BCUT2D eigenvalue weighted by atomic mass is 10.4. The highest BCUT2D eigenvalue weighted by molar-refractivity contribution is 7.05. The molecule has 0 aliphatic rings. The third-order valence-corrected chi connectivity index (χ3v) is 1.66. The van der Waals surface area contributed by atoms with Crippen molar-refractivity contribution < 1.29 is 10.0 Å². The van der Waals surface area contributed by atoms with E-state index in [0.29, 0.717) is 0 Å². The highest BCUT2D eigenvalue weighted by atomic mass is 32.1. The summed E-state index contributed by atoms with van der Waals surface area (Å²) in [6, 6.07) is 1.61. The van der Waals surface area contributed by atoms with Gasteiger partial charge in [-0.25, -0.2) is 5.48 Å². The quantitative estimate of drug-likeness (QED) is 0.464. The van der Waals surface area contributed by atoms with Crippen molar-refractivity contribution in [1.82, 2.24) is 9.85 Å². The van der Waals surface area contributed by atoms with Crippen LogP contribution in [0.2, 0.25) is 0 Å². The minimum absolute atomic E-state index is 0.255. The number of rotatable bonds is 1. The molecule has 0 spiro atoms. The van der Waals surface area contributed by atoms with E-state index in [1.54, 1.807) is 6.07 Å². The third-order valence-electron chi connectivity index (χ3n) is 0.962. The van der Waals surface area contributed by atoms with Gasteiger partial charge in [-0.05, 0) is 24.5 Å². The second-order valence-corrected chi connectivity index (χ2v) is 2.77. The zero-order valence-electron chi connectivity index (χ0n) is 5.29. The summed E-state index contributed by atoms with van der Waals surface area (Å²) >= 11 is 1.23. The van der Waals surface area contributed by atoms with Gasteiger partial charge in [0.15, 0.2) is 0 Å². The van der Waals surface area contributed by atoms with Gasteiger partial charge in [0.05, 0.1) is 0 Å². The number of hydrogen-bond acceptors (Lipinski definition) is 4. The molecule has 0 radical (unpaired) electrons. The van der Waals surface area contributed by atoms with Gasteiger partial charge in [-0.2, -0.15) is 4.37 Å². The first-order valence-electron chi connectivity index (χ1n) is 2.62. The molecule has 1 rings (SSSR count). The predicted octanol–water partition coefficient (Wildman–Crippen LogP) is 0.571. The Labute approximate surface area is 61.6 Å². The van der Waals surface area contributed by atoms with Crippen molar-refractivity contribution in [3.05, 3.63) is 16.6 Å². The van der Waals surface area contributed by atoms with Crippen LogP contribution < -0.4 is 5.48 Å². The Morgan fingerprint density at radius 3 is 3.00 bits per heavy atom. The molecule has 0 saturated carbocycles. The molecule has 0 atom stereocenters. The number of amides is 1. The van der Waals surface area contributed by atoms with E-state index in [9.17, 15) is 4.79 Å². The molecule has 0 aliphatic carbocycles. The highest BCUT2D eigenvalue weighted by Gasteiger charge is 2.06. The molecule has 1 heterocycles. The van der Waals surface area contributed by atoms with Crippen LogP contribution in [0.4, 0.5) is 0 Å². The predicted molar refractivity (Wildman–Crippen MR) is 36.1 cm³/mol. The maximum atomic E-state index is 10.6. The van der Waals surface area contributed by atoms with Crippen LogP contribution in [0.1, 0.15) is 15.4 Å². The summed E-state index contributed by atoms with van der Waals surface area (Å²) < 4.78 is 3.76. The lowest BCUT2D eigenvalue weighted by molar-refractivity contribution is 0.0702. The molecule has 0 aromatic carbocycles. The number of hydroxylamine groups is 1. The molecule has 10 heavy (non-hydrogen) atoms. The van der Waals surface area contributed by atoms with E-state index >= 15 is 0 Å². The van der Waals surface area contributed by atoms with Crippen molar-refractivity contribution in [1.29, 1.82) is 0 Å². The molecule has 0 bridgehead atoms. The Morgan fingerprint density at radius 1 is 1.90 bits per heavy atom. The molecular weight excluding hydrogens is 152 g/mol. The number of nitrogens with one attached hydrogen (secondary N) is 1. The lowest BCUT2D eigenvalue weighted by Crippen LogP contribution is -2.18. The van der Waals surface area contributed by atoms with Gasteiger partial charge in [-0.1, -0.05) is 0 Å². The summed E-state index contributed by atoms with van der Waals surface area (Å²) in [5, 5.41) is 8.16. The standard InChI is InChI=1S/C5H6N2O2S/c1-3-2-4(7-10-3)5(8)6-9/h2,9H,1H3,(H,6,8). The molecule has 5 heteroatoms. The van der Waals surface area contributed by atoms with Gasteiger partial charge in [0.2, 0.25) is 0 Å². The number of hydrogen-bond donors (Lipinski definition) is 2. The summed E-state index contributed by atoms with van der Waals surface area (Å²) in [6.45, 7) is 1.84. The Morgan fingerprint density at radius 2 is 2.60 bits per heavy atom. The van der Waals surface area contributed by atoms with E-state index in [4.69, 9.17) is 5.21 Å². The lowest BCUT2D eigenvalue weighted by Gasteiger charge is -1.88. The van der Waals surface area contributed by atoms with E-state index in [0.717, 1.165) is 4.88 Å². The molecule has 1 aromatic rings. The third kappa shape index (κ3) is 1.31. The van der Waals surface area contributed by atoms with Gasteiger partial charge >= 0.3 is 0 Å². The van der Waals surface area contributed by atoms with E-state index in [1.165, 1.54) is 17.0 Å². The number of carbonyl (C=O) groups excluding carboxylic acids is 1. The van der Waals surface area contributed by atoms with Gasteiger partial charge in [-0.15, -0.1) is 0 Å². The minimum Gasteiger partial charge on any atom is -0.288 e. The second-order valence-electron chi connectivity index (χ2n) is 1.76. The van der Waals surface area contributed by atoms with Gasteiger partial charge in [0, 0.05) is 4.88 Å². The average Bonchev–Trinajstić information content (AvgIpc) is 2.34. The molecule has 1 amide bonds. The average molecular weight is 158 g/mol. The first kappa shape index (κ1) is 7.17. The van der Waals surface area contributed by atoms with Crippen molar-refractivity contribution >= 4 is 17.4 Å². The molecule has 0 unspecified atom stereocenters. The largest absolute Gasteiger partial charge is 0.294 e. The fraction of sp³-hybridized carbons (Fsp3) is 0.200.